The van der Waals surface area contributed by atoms with E-state index in [9.17, 15) is 33.9 Å². The zero-order valence-electron chi connectivity index (χ0n) is 19.8. The molecule has 0 radical (unpaired) electrons. The number of carboxylic acids is 3. The van der Waals surface area contributed by atoms with Crippen LogP contribution >= 0.6 is 0 Å². The minimum atomic E-state index is -1.53. The third-order valence-electron chi connectivity index (χ3n) is 4.27. The van der Waals surface area contributed by atoms with E-state index >= 15 is 0 Å². The predicted molar refractivity (Wildman–Crippen MR) is 118 cm³/mol. The molecule has 3 amide bonds. The number of carbonyl (C=O) groups excluding carboxylic acids is 3. The average molecular weight is 488 g/mol. The molecule has 3 atom stereocenters. The van der Waals surface area contributed by atoms with Gasteiger partial charge in [0.15, 0.2) is 0 Å². The van der Waals surface area contributed by atoms with Gasteiger partial charge in [-0.15, -0.1) is 0 Å². The van der Waals surface area contributed by atoms with Crippen LogP contribution in [0.1, 0.15) is 53.9 Å². The topological polar surface area (TPSA) is 208 Å². The number of rotatable bonds is 13. The van der Waals surface area contributed by atoms with Crippen molar-refractivity contribution in [3.05, 3.63) is 12.2 Å². The third kappa shape index (κ3) is 11.8. The van der Waals surface area contributed by atoms with Gasteiger partial charge in [-0.3, -0.25) is 14.4 Å². The maximum absolute atomic E-state index is 12.9. The Morgan fingerprint density at radius 1 is 0.882 bits per heavy atom. The molecule has 0 aliphatic carbocycles. The Morgan fingerprint density at radius 3 is 1.82 bits per heavy atom. The van der Waals surface area contributed by atoms with Crippen molar-refractivity contribution in [3.63, 3.8) is 0 Å². The number of aliphatic carboxylic acids is 3. The highest BCUT2D eigenvalue weighted by atomic mass is 16.6. The minimum absolute atomic E-state index is 0.392. The number of ether oxygens (including phenoxy) is 1. The summed E-state index contributed by atoms with van der Waals surface area (Å²) in [6.07, 6.45) is -2.51. The van der Waals surface area contributed by atoms with E-state index in [4.69, 9.17) is 14.9 Å². The summed E-state index contributed by atoms with van der Waals surface area (Å²) in [5.41, 5.74) is -1.35. The normalized spacial score (nSPS) is 13.7. The molecule has 0 aromatic heterocycles. The van der Waals surface area contributed by atoms with Gasteiger partial charge in [0.05, 0.1) is 0 Å². The van der Waals surface area contributed by atoms with Crippen molar-refractivity contribution in [2.75, 3.05) is 0 Å². The van der Waals surface area contributed by atoms with E-state index in [0.29, 0.717) is 0 Å². The fraction of sp³-hybridized carbons (Fsp3) is 0.619. The number of nitrogens with one attached hydrogen (secondary N) is 3. The molecule has 192 valence electrons. The molecule has 13 nitrogen and oxygen atoms in total. The van der Waals surface area contributed by atoms with Crippen LogP contribution in [0.15, 0.2) is 12.2 Å². The first-order chi connectivity index (χ1) is 15.4. The Morgan fingerprint density at radius 2 is 1.41 bits per heavy atom. The highest BCUT2D eigenvalue weighted by Crippen LogP contribution is 2.11. The standard InChI is InChI=1S/C21H33N3O10/c1-10(2)15(19(31)32)24-16(27)12(7-8-14(25)26)22-17(28)13(9-11(3)18(29)30)23-20(33)34-21(4,5)6/h10,12-13,15H,3,7-9H2,1-2,4-6H3,(H,22,28)(H,23,33)(H,24,27)(H,25,26)(H,29,30)(H,31,32)/t12?,13-,15-/m0/s1. The van der Waals surface area contributed by atoms with Gasteiger partial charge in [-0.1, -0.05) is 20.4 Å². The Bertz CT molecular complexity index is 816. The molecule has 0 rings (SSSR count). The summed E-state index contributed by atoms with van der Waals surface area (Å²) >= 11 is 0. The lowest BCUT2D eigenvalue weighted by Crippen LogP contribution is -2.57. The minimum Gasteiger partial charge on any atom is -0.481 e. The molecule has 13 heteroatoms. The number of alkyl carbamates (subject to hydrolysis) is 1. The fourth-order valence-electron chi connectivity index (χ4n) is 2.57. The first kappa shape index (κ1) is 30.4. The molecule has 34 heavy (non-hydrogen) atoms. The third-order valence-corrected chi connectivity index (χ3v) is 4.27. The maximum Gasteiger partial charge on any atom is 0.408 e. The Kier molecular flexibility index (Phi) is 11.8. The van der Waals surface area contributed by atoms with Crippen LogP contribution in [-0.4, -0.2) is 74.9 Å². The van der Waals surface area contributed by atoms with Crippen LogP contribution < -0.4 is 16.0 Å². The van der Waals surface area contributed by atoms with Crippen molar-refractivity contribution in [1.82, 2.24) is 16.0 Å². The van der Waals surface area contributed by atoms with Crippen molar-refractivity contribution in [2.45, 2.75) is 77.6 Å². The average Bonchev–Trinajstić information content (AvgIpc) is 2.65. The molecule has 6 N–H and O–H groups in total. The summed E-state index contributed by atoms with van der Waals surface area (Å²) in [6.45, 7) is 11.1. The van der Waals surface area contributed by atoms with Crippen molar-refractivity contribution in [1.29, 1.82) is 0 Å². The van der Waals surface area contributed by atoms with Crippen LogP contribution in [0.5, 0.6) is 0 Å². The summed E-state index contributed by atoms with van der Waals surface area (Å²) in [5, 5.41) is 34.0. The van der Waals surface area contributed by atoms with E-state index in [0.717, 1.165) is 0 Å². The number of hydrogen-bond acceptors (Lipinski definition) is 7. The van der Waals surface area contributed by atoms with Crippen LogP contribution in [0.2, 0.25) is 0 Å². The summed E-state index contributed by atoms with van der Waals surface area (Å²) in [4.78, 5) is 71.2. The van der Waals surface area contributed by atoms with Gasteiger partial charge in [-0.25, -0.2) is 14.4 Å². The largest absolute Gasteiger partial charge is 0.481 e. The smallest absolute Gasteiger partial charge is 0.408 e. The number of amides is 3. The Labute approximate surface area is 196 Å². The molecular formula is C21H33N3O10. The molecule has 0 aromatic carbocycles. The monoisotopic (exact) mass is 487 g/mol. The van der Waals surface area contributed by atoms with Gasteiger partial charge in [0.25, 0.3) is 0 Å². The van der Waals surface area contributed by atoms with Crippen LogP contribution in [0.3, 0.4) is 0 Å². The second-order valence-corrected chi connectivity index (χ2v) is 8.87. The highest BCUT2D eigenvalue weighted by Gasteiger charge is 2.32. The van der Waals surface area contributed by atoms with Crippen molar-refractivity contribution in [3.8, 4) is 0 Å². The van der Waals surface area contributed by atoms with Crippen LogP contribution in [0.4, 0.5) is 4.79 Å². The van der Waals surface area contributed by atoms with E-state index in [2.05, 4.69) is 22.5 Å². The molecule has 0 heterocycles. The van der Waals surface area contributed by atoms with Crippen LogP contribution in [-0.2, 0) is 28.7 Å². The van der Waals surface area contributed by atoms with Gasteiger partial charge in [0.1, 0.15) is 23.7 Å². The van der Waals surface area contributed by atoms with Gasteiger partial charge in [0.2, 0.25) is 11.8 Å². The fourth-order valence-corrected chi connectivity index (χ4v) is 2.57. The quantitative estimate of drug-likeness (QED) is 0.198. The molecule has 1 unspecified atom stereocenters. The lowest BCUT2D eigenvalue weighted by Gasteiger charge is -2.26. The van der Waals surface area contributed by atoms with E-state index in [1.54, 1.807) is 34.6 Å². The van der Waals surface area contributed by atoms with Crippen LogP contribution in [0, 0.1) is 5.92 Å². The molecule has 0 bridgehead atoms. The number of carbonyl (C=O) groups is 6. The van der Waals surface area contributed by atoms with E-state index in [-0.39, 0.29) is 0 Å². The van der Waals surface area contributed by atoms with Gasteiger partial charge >= 0.3 is 24.0 Å². The summed E-state index contributed by atoms with van der Waals surface area (Å²) in [7, 11) is 0. The van der Waals surface area contributed by atoms with Gasteiger partial charge in [-0.05, 0) is 33.1 Å². The van der Waals surface area contributed by atoms with E-state index < -0.39 is 90.3 Å². The van der Waals surface area contributed by atoms with E-state index in [1.807, 2.05) is 0 Å². The zero-order chi connectivity index (χ0) is 26.8. The van der Waals surface area contributed by atoms with Crippen molar-refractivity contribution >= 4 is 35.8 Å². The lowest BCUT2D eigenvalue weighted by molar-refractivity contribution is -0.144. The first-order valence-corrected chi connectivity index (χ1v) is 10.4. The SMILES string of the molecule is C=C(C[C@H](NC(=O)OC(C)(C)C)C(=O)NC(CCC(=O)O)C(=O)N[C@H](C(=O)O)C(C)C)C(=O)O. The molecule has 0 saturated heterocycles. The maximum atomic E-state index is 12.9. The number of carboxylic acid groups (broad SMARTS) is 3. The molecule has 0 aromatic rings. The van der Waals surface area contributed by atoms with Crippen LogP contribution in [0.25, 0.3) is 0 Å². The van der Waals surface area contributed by atoms with Gasteiger partial charge in [-0.2, -0.15) is 0 Å². The molecule has 0 aliphatic heterocycles. The second kappa shape index (κ2) is 13.2. The molecule has 0 saturated carbocycles. The molecular weight excluding hydrogens is 454 g/mol. The van der Waals surface area contributed by atoms with Crippen molar-refractivity contribution in [2.24, 2.45) is 5.92 Å². The predicted octanol–water partition coefficient (Wildman–Crippen LogP) is 0.486. The van der Waals surface area contributed by atoms with Gasteiger partial charge < -0.3 is 36.0 Å². The van der Waals surface area contributed by atoms with E-state index in [1.165, 1.54) is 0 Å². The molecule has 0 spiro atoms. The summed E-state index contributed by atoms with van der Waals surface area (Å²) in [6, 6.07) is -4.32. The first-order valence-electron chi connectivity index (χ1n) is 10.4. The highest BCUT2D eigenvalue weighted by molar-refractivity contribution is 5.94. The Balaban J connectivity index is 5.76. The Hall–Kier alpha value is -3.64. The molecule has 0 aliphatic rings. The van der Waals surface area contributed by atoms with Gasteiger partial charge in [0, 0.05) is 18.4 Å². The summed E-state index contributed by atoms with van der Waals surface area (Å²) in [5.74, 6) is -6.51. The molecule has 0 fully saturated rings. The van der Waals surface area contributed by atoms with Crippen molar-refractivity contribution < 1.29 is 48.8 Å². The second-order valence-electron chi connectivity index (χ2n) is 8.87. The number of hydrogen-bond donors (Lipinski definition) is 6. The zero-order valence-corrected chi connectivity index (χ0v) is 19.8. The lowest BCUT2D eigenvalue weighted by atomic mass is 10.0. The summed E-state index contributed by atoms with van der Waals surface area (Å²) < 4.78 is 5.07.